The Morgan fingerprint density at radius 1 is 1.18 bits per heavy atom. The molecule has 0 spiro atoms. The van der Waals surface area contributed by atoms with Gasteiger partial charge in [0.2, 0.25) is 0 Å². The summed E-state index contributed by atoms with van der Waals surface area (Å²) in [5.74, 6) is 0.712. The first-order chi connectivity index (χ1) is 13.3. The van der Waals surface area contributed by atoms with Crippen LogP contribution in [0.4, 0.5) is 13.2 Å². The Bertz CT molecular complexity index is 816. The normalized spacial score (nSPS) is 13.6. The summed E-state index contributed by atoms with van der Waals surface area (Å²) < 4.78 is 40.8. The molecule has 1 aliphatic rings. The predicted octanol–water partition coefficient (Wildman–Crippen LogP) is 1.97. The van der Waals surface area contributed by atoms with Crippen LogP contribution in [0.25, 0.3) is 0 Å². The summed E-state index contributed by atoms with van der Waals surface area (Å²) in [7, 11) is 0. The van der Waals surface area contributed by atoms with E-state index in [1.165, 1.54) is 0 Å². The van der Waals surface area contributed by atoms with Crippen molar-refractivity contribution in [3.05, 3.63) is 58.0 Å². The van der Waals surface area contributed by atoms with Crippen LogP contribution in [-0.2, 0) is 17.6 Å². The van der Waals surface area contributed by atoms with E-state index >= 15 is 0 Å². The van der Waals surface area contributed by atoms with Crippen LogP contribution in [0.2, 0.25) is 0 Å². The molecule has 1 aromatic heterocycles. The van der Waals surface area contributed by atoms with Crippen molar-refractivity contribution < 1.29 is 27.8 Å². The number of H-pyrrole nitrogens is 1. The molecule has 1 amide bonds. The number of benzene rings is 1. The fraction of sp³-hybridized carbons (Fsp3) is 0.389. The van der Waals surface area contributed by atoms with Gasteiger partial charge in [0.05, 0.1) is 6.61 Å². The first-order valence-corrected chi connectivity index (χ1v) is 8.52. The van der Waals surface area contributed by atoms with Gasteiger partial charge in [-0.15, -0.1) is 0 Å². The molecule has 10 heteroatoms. The zero-order valence-electron chi connectivity index (χ0n) is 14.9. The van der Waals surface area contributed by atoms with Gasteiger partial charge in [0.1, 0.15) is 11.3 Å². The van der Waals surface area contributed by atoms with E-state index in [1.54, 1.807) is 29.4 Å². The zero-order chi connectivity index (χ0) is 20.6. The molecule has 0 unspecified atom stereocenters. The average molecular weight is 399 g/mol. The van der Waals surface area contributed by atoms with E-state index in [-0.39, 0.29) is 19.1 Å². The Hall–Kier alpha value is -2.88. The standard InChI is InChI=1S/C13H17NO3.C5H3F3N2O/c15-9-11-3-5-12(6-4-11)17-10-13(16)14-7-1-2-8-14;6-5(7,8)3-1-2-9-10-4(3)11/h3-6,15H,1-2,7-10H2;1-2H,(H,10,11). The van der Waals surface area contributed by atoms with Crippen LogP contribution in [0.3, 0.4) is 0 Å². The first kappa shape index (κ1) is 21.4. The topological polar surface area (TPSA) is 95.5 Å². The lowest BCUT2D eigenvalue weighted by atomic mass is 10.2. The van der Waals surface area contributed by atoms with Crippen LogP contribution < -0.4 is 10.3 Å². The molecular formula is C18H20F3N3O4. The van der Waals surface area contributed by atoms with E-state index in [2.05, 4.69) is 5.10 Å². The molecule has 0 aliphatic carbocycles. The smallest absolute Gasteiger partial charge is 0.421 e. The SMILES string of the molecule is O=C(COc1ccc(CO)cc1)N1CCCC1.O=c1[nH]nccc1C(F)(F)F. The van der Waals surface area contributed by atoms with Gasteiger partial charge >= 0.3 is 6.18 Å². The number of ether oxygens (including phenoxy) is 1. The molecule has 0 bridgehead atoms. The summed E-state index contributed by atoms with van der Waals surface area (Å²) in [6.07, 6.45) is -1.53. The van der Waals surface area contributed by atoms with Gasteiger partial charge in [0.25, 0.3) is 11.5 Å². The molecule has 1 fully saturated rings. The Labute approximate surface area is 158 Å². The van der Waals surface area contributed by atoms with Gasteiger partial charge in [-0.05, 0) is 36.6 Å². The summed E-state index contributed by atoms with van der Waals surface area (Å²) in [4.78, 5) is 24.0. The van der Waals surface area contributed by atoms with Crippen molar-refractivity contribution in [3.8, 4) is 5.75 Å². The van der Waals surface area contributed by atoms with Crippen LogP contribution in [0, 0.1) is 0 Å². The fourth-order valence-corrected chi connectivity index (χ4v) is 2.46. The van der Waals surface area contributed by atoms with Crippen molar-refractivity contribution in [2.75, 3.05) is 19.7 Å². The van der Waals surface area contributed by atoms with Gasteiger partial charge in [0, 0.05) is 19.3 Å². The molecule has 3 rings (SSSR count). The van der Waals surface area contributed by atoms with Crippen LogP contribution in [0.5, 0.6) is 5.75 Å². The monoisotopic (exact) mass is 399 g/mol. The maximum Gasteiger partial charge on any atom is 0.421 e. The van der Waals surface area contributed by atoms with E-state index in [0.29, 0.717) is 11.8 Å². The van der Waals surface area contributed by atoms with Crippen molar-refractivity contribution in [2.45, 2.75) is 25.6 Å². The highest BCUT2D eigenvalue weighted by atomic mass is 19.4. The third-order valence-corrected chi connectivity index (χ3v) is 3.96. The van der Waals surface area contributed by atoms with Crippen molar-refractivity contribution in [1.82, 2.24) is 15.1 Å². The van der Waals surface area contributed by atoms with Crippen LogP contribution >= 0.6 is 0 Å². The van der Waals surface area contributed by atoms with Crippen molar-refractivity contribution >= 4 is 5.91 Å². The number of aromatic nitrogens is 2. The number of carbonyl (C=O) groups excluding carboxylic acids is 1. The Kier molecular flexibility index (Phi) is 7.56. The third-order valence-electron chi connectivity index (χ3n) is 3.96. The number of carbonyl (C=O) groups is 1. The third kappa shape index (κ3) is 6.38. The highest BCUT2D eigenvalue weighted by Crippen LogP contribution is 2.25. The molecule has 7 nitrogen and oxygen atoms in total. The lowest BCUT2D eigenvalue weighted by Crippen LogP contribution is -2.32. The maximum atomic E-state index is 11.8. The number of hydrogen-bond donors (Lipinski definition) is 2. The van der Waals surface area contributed by atoms with E-state index < -0.39 is 17.3 Å². The van der Waals surface area contributed by atoms with E-state index in [1.807, 2.05) is 4.90 Å². The predicted molar refractivity (Wildman–Crippen MR) is 93.5 cm³/mol. The highest BCUT2D eigenvalue weighted by Gasteiger charge is 2.33. The minimum Gasteiger partial charge on any atom is -0.484 e. The molecule has 1 aromatic carbocycles. The van der Waals surface area contributed by atoms with Gasteiger partial charge in [0.15, 0.2) is 6.61 Å². The van der Waals surface area contributed by atoms with Crippen molar-refractivity contribution in [1.29, 1.82) is 0 Å². The number of aliphatic hydroxyl groups excluding tert-OH is 1. The summed E-state index contributed by atoms with van der Waals surface area (Å²) in [6.45, 7) is 1.82. The molecule has 1 aliphatic heterocycles. The minimum absolute atomic E-state index is 0.0208. The summed E-state index contributed by atoms with van der Waals surface area (Å²) in [5.41, 5.74) is -1.62. The molecule has 2 N–H and O–H groups in total. The lowest BCUT2D eigenvalue weighted by molar-refractivity contribution is -0.138. The summed E-state index contributed by atoms with van der Waals surface area (Å²) in [5, 5.41) is 13.7. The van der Waals surface area contributed by atoms with E-state index in [0.717, 1.165) is 37.7 Å². The number of nitrogens with zero attached hydrogens (tertiary/aromatic N) is 2. The van der Waals surface area contributed by atoms with Crippen LogP contribution in [-0.4, -0.2) is 45.8 Å². The van der Waals surface area contributed by atoms with Gasteiger partial charge in [-0.2, -0.15) is 18.3 Å². The average Bonchev–Trinajstić information content (AvgIpc) is 3.21. The number of alkyl halides is 3. The molecular weight excluding hydrogens is 379 g/mol. The molecule has 152 valence electrons. The van der Waals surface area contributed by atoms with Crippen molar-refractivity contribution in [2.24, 2.45) is 0 Å². The number of likely N-dealkylation sites (tertiary alicyclic amines) is 1. The molecule has 2 aromatic rings. The molecule has 1 saturated heterocycles. The fourth-order valence-electron chi connectivity index (χ4n) is 2.46. The van der Waals surface area contributed by atoms with Crippen LogP contribution in [0.1, 0.15) is 24.0 Å². The van der Waals surface area contributed by atoms with Gasteiger partial charge in [-0.25, -0.2) is 5.10 Å². The quantitative estimate of drug-likeness (QED) is 0.820. The first-order valence-electron chi connectivity index (χ1n) is 8.52. The van der Waals surface area contributed by atoms with Crippen molar-refractivity contribution in [3.63, 3.8) is 0 Å². The zero-order valence-corrected chi connectivity index (χ0v) is 14.9. The number of hydrogen-bond acceptors (Lipinski definition) is 5. The van der Waals surface area contributed by atoms with Gasteiger partial charge < -0.3 is 14.7 Å². The van der Waals surface area contributed by atoms with Gasteiger partial charge in [-0.1, -0.05) is 12.1 Å². The number of amides is 1. The Balaban J connectivity index is 0.000000221. The lowest BCUT2D eigenvalue weighted by Gasteiger charge is -2.15. The summed E-state index contributed by atoms with van der Waals surface area (Å²) in [6, 6.07) is 7.73. The van der Waals surface area contributed by atoms with E-state index in [9.17, 15) is 22.8 Å². The van der Waals surface area contributed by atoms with Gasteiger partial charge in [-0.3, -0.25) is 9.59 Å². The molecule has 0 saturated carbocycles. The maximum absolute atomic E-state index is 11.8. The Morgan fingerprint density at radius 3 is 2.32 bits per heavy atom. The molecule has 0 radical (unpaired) electrons. The number of aromatic amines is 1. The molecule has 2 heterocycles. The highest BCUT2D eigenvalue weighted by molar-refractivity contribution is 5.78. The Morgan fingerprint density at radius 2 is 1.82 bits per heavy atom. The largest absolute Gasteiger partial charge is 0.484 e. The minimum atomic E-state index is -4.60. The number of nitrogens with one attached hydrogen (secondary N) is 1. The molecule has 0 atom stereocenters. The number of rotatable bonds is 4. The van der Waals surface area contributed by atoms with Crippen LogP contribution in [0.15, 0.2) is 41.3 Å². The molecule has 28 heavy (non-hydrogen) atoms. The second kappa shape index (κ2) is 9.88. The summed E-state index contributed by atoms with van der Waals surface area (Å²) >= 11 is 0. The second-order valence-corrected chi connectivity index (χ2v) is 5.98. The number of aliphatic hydroxyl groups is 1. The second-order valence-electron chi connectivity index (χ2n) is 5.98. The number of halogens is 3. The van der Waals surface area contributed by atoms with E-state index in [4.69, 9.17) is 9.84 Å².